The summed E-state index contributed by atoms with van der Waals surface area (Å²) in [6, 6.07) is 22.0. The van der Waals surface area contributed by atoms with Crippen LogP contribution in [0.5, 0.6) is 0 Å². The van der Waals surface area contributed by atoms with E-state index in [-0.39, 0.29) is 0 Å². The standard InChI is InChI=1S/C22H27/c1-4-10-19(11-5-1)16-22(17-20-12-6-2-7-13-20)18-21-14-8-3-9-15-21/h1-2,4-7,10-13,21H,3,8-9,14-18H2. The van der Waals surface area contributed by atoms with E-state index >= 15 is 0 Å². The van der Waals surface area contributed by atoms with Crippen LogP contribution in [-0.2, 0) is 12.8 Å². The molecule has 0 N–H and O–H groups in total. The number of hydrogen-bond donors (Lipinski definition) is 0. The van der Waals surface area contributed by atoms with E-state index in [2.05, 4.69) is 60.7 Å². The van der Waals surface area contributed by atoms with Crippen LogP contribution in [0.1, 0.15) is 49.7 Å². The quantitative estimate of drug-likeness (QED) is 0.610. The van der Waals surface area contributed by atoms with Crippen LogP contribution in [0.3, 0.4) is 0 Å². The van der Waals surface area contributed by atoms with Gasteiger partial charge in [0.2, 0.25) is 0 Å². The molecule has 0 heterocycles. The Morgan fingerprint density at radius 3 is 1.68 bits per heavy atom. The molecule has 0 spiro atoms. The Labute approximate surface area is 135 Å². The highest BCUT2D eigenvalue weighted by molar-refractivity contribution is 5.24. The number of hydrogen-bond acceptors (Lipinski definition) is 0. The van der Waals surface area contributed by atoms with Crippen LogP contribution >= 0.6 is 0 Å². The molecule has 1 radical (unpaired) electrons. The fourth-order valence-corrected chi connectivity index (χ4v) is 3.78. The number of benzene rings is 2. The average molecular weight is 291 g/mol. The molecule has 2 aromatic rings. The van der Waals surface area contributed by atoms with Crippen molar-refractivity contribution in [1.29, 1.82) is 0 Å². The van der Waals surface area contributed by atoms with Crippen LogP contribution in [0, 0.1) is 11.8 Å². The lowest BCUT2D eigenvalue weighted by Crippen LogP contribution is -2.15. The Bertz CT molecular complexity index is 481. The smallest absolute Gasteiger partial charge is 0.0151 e. The van der Waals surface area contributed by atoms with Gasteiger partial charge >= 0.3 is 0 Å². The third kappa shape index (κ3) is 4.73. The summed E-state index contributed by atoms with van der Waals surface area (Å²) in [7, 11) is 0. The summed E-state index contributed by atoms with van der Waals surface area (Å²) in [6.45, 7) is 0. The Morgan fingerprint density at radius 1 is 0.682 bits per heavy atom. The van der Waals surface area contributed by atoms with Crippen LogP contribution in [0.4, 0.5) is 0 Å². The molecule has 2 aromatic carbocycles. The fourth-order valence-electron chi connectivity index (χ4n) is 3.78. The van der Waals surface area contributed by atoms with Crippen molar-refractivity contribution in [2.24, 2.45) is 5.92 Å². The van der Waals surface area contributed by atoms with Gasteiger partial charge in [0.05, 0.1) is 0 Å². The molecule has 22 heavy (non-hydrogen) atoms. The van der Waals surface area contributed by atoms with Gasteiger partial charge in [-0.1, -0.05) is 92.8 Å². The molecule has 0 nitrogen and oxygen atoms in total. The molecule has 0 amide bonds. The molecule has 0 bridgehead atoms. The summed E-state index contributed by atoms with van der Waals surface area (Å²) in [4.78, 5) is 0. The summed E-state index contributed by atoms with van der Waals surface area (Å²) in [5.41, 5.74) is 2.92. The molecule has 1 aliphatic carbocycles. The first kappa shape index (κ1) is 15.3. The molecule has 0 heteroatoms. The molecule has 1 fully saturated rings. The van der Waals surface area contributed by atoms with Gasteiger partial charge in [-0.25, -0.2) is 0 Å². The summed E-state index contributed by atoms with van der Waals surface area (Å²) >= 11 is 0. The maximum atomic E-state index is 2.27. The van der Waals surface area contributed by atoms with Crippen molar-refractivity contribution in [3.05, 3.63) is 77.7 Å². The second kappa shape index (κ2) is 8.17. The van der Waals surface area contributed by atoms with E-state index in [1.54, 1.807) is 5.92 Å². The van der Waals surface area contributed by atoms with E-state index in [0.29, 0.717) is 0 Å². The summed E-state index contributed by atoms with van der Waals surface area (Å²) in [5.74, 6) is 2.64. The first-order valence-corrected chi connectivity index (χ1v) is 8.81. The van der Waals surface area contributed by atoms with Gasteiger partial charge in [-0.05, 0) is 42.2 Å². The topological polar surface area (TPSA) is 0 Å². The van der Waals surface area contributed by atoms with Crippen molar-refractivity contribution in [2.45, 2.75) is 51.4 Å². The Kier molecular flexibility index (Phi) is 5.70. The zero-order chi connectivity index (χ0) is 15.0. The van der Waals surface area contributed by atoms with Crippen molar-refractivity contribution in [3.63, 3.8) is 0 Å². The summed E-state index contributed by atoms with van der Waals surface area (Å²) < 4.78 is 0. The highest BCUT2D eigenvalue weighted by Gasteiger charge is 2.20. The maximum Gasteiger partial charge on any atom is -0.0151 e. The largest absolute Gasteiger partial charge is 0.0622 e. The van der Waals surface area contributed by atoms with E-state index in [1.165, 1.54) is 49.7 Å². The molecular weight excluding hydrogens is 264 g/mol. The molecular formula is C22H27. The molecule has 115 valence electrons. The maximum absolute atomic E-state index is 2.27. The van der Waals surface area contributed by atoms with Crippen LogP contribution in [0.2, 0.25) is 0 Å². The van der Waals surface area contributed by atoms with Gasteiger partial charge < -0.3 is 0 Å². The van der Waals surface area contributed by atoms with Gasteiger partial charge in [-0.2, -0.15) is 0 Å². The van der Waals surface area contributed by atoms with Crippen molar-refractivity contribution >= 4 is 0 Å². The molecule has 0 aliphatic heterocycles. The lowest BCUT2D eigenvalue weighted by molar-refractivity contribution is 0.339. The Morgan fingerprint density at radius 2 is 1.18 bits per heavy atom. The second-order valence-corrected chi connectivity index (χ2v) is 6.78. The SMILES string of the molecule is c1ccc(C[C](Cc2ccccc2)CC2CCCCC2)cc1. The lowest BCUT2D eigenvalue weighted by Gasteiger charge is -2.26. The van der Waals surface area contributed by atoms with Crippen LogP contribution in [0.15, 0.2) is 60.7 Å². The molecule has 0 aromatic heterocycles. The van der Waals surface area contributed by atoms with Gasteiger partial charge in [0.25, 0.3) is 0 Å². The molecule has 0 unspecified atom stereocenters. The van der Waals surface area contributed by atoms with E-state index in [1.807, 2.05) is 0 Å². The third-order valence-corrected chi connectivity index (χ3v) is 4.90. The normalized spacial score (nSPS) is 16.0. The van der Waals surface area contributed by atoms with Gasteiger partial charge in [-0.15, -0.1) is 0 Å². The zero-order valence-electron chi connectivity index (χ0n) is 13.5. The van der Waals surface area contributed by atoms with E-state index in [4.69, 9.17) is 0 Å². The lowest BCUT2D eigenvalue weighted by atomic mass is 9.79. The van der Waals surface area contributed by atoms with Crippen molar-refractivity contribution in [2.75, 3.05) is 0 Å². The molecule has 1 saturated carbocycles. The molecule has 1 aliphatic rings. The third-order valence-electron chi connectivity index (χ3n) is 4.90. The molecule has 0 saturated heterocycles. The van der Waals surface area contributed by atoms with Crippen molar-refractivity contribution in [1.82, 2.24) is 0 Å². The van der Waals surface area contributed by atoms with Crippen molar-refractivity contribution < 1.29 is 0 Å². The van der Waals surface area contributed by atoms with Gasteiger partial charge in [-0.3, -0.25) is 0 Å². The van der Waals surface area contributed by atoms with E-state index < -0.39 is 0 Å². The van der Waals surface area contributed by atoms with E-state index in [0.717, 1.165) is 18.8 Å². The highest BCUT2D eigenvalue weighted by atomic mass is 14.2. The van der Waals surface area contributed by atoms with E-state index in [9.17, 15) is 0 Å². The minimum atomic E-state index is 0.927. The average Bonchev–Trinajstić information content (AvgIpc) is 2.57. The highest BCUT2D eigenvalue weighted by Crippen LogP contribution is 2.32. The molecule has 0 atom stereocenters. The predicted octanol–water partition coefficient (Wildman–Crippen LogP) is 6.02. The van der Waals surface area contributed by atoms with Gasteiger partial charge in [0.15, 0.2) is 0 Å². The number of rotatable bonds is 6. The Hall–Kier alpha value is -1.56. The van der Waals surface area contributed by atoms with Crippen LogP contribution in [-0.4, -0.2) is 0 Å². The summed E-state index contributed by atoms with van der Waals surface area (Å²) in [6.07, 6.45) is 10.8. The van der Waals surface area contributed by atoms with Crippen LogP contribution < -0.4 is 0 Å². The predicted molar refractivity (Wildman–Crippen MR) is 94.7 cm³/mol. The van der Waals surface area contributed by atoms with Crippen molar-refractivity contribution in [3.8, 4) is 0 Å². The van der Waals surface area contributed by atoms with Crippen LogP contribution in [0.25, 0.3) is 0 Å². The fraction of sp³-hybridized carbons (Fsp3) is 0.409. The first-order valence-electron chi connectivity index (χ1n) is 8.81. The summed E-state index contributed by atoms with van der Waals surface area (Å²) in [5, 5.41) is 0. The second-order valence-electron chi connectivity index (χ2n) is 6.78. The zero-order valence-corrected chi connectivity index (χ0v) is 13.5. The van der Waals surface area contributed by atoms with Gasteiger partial charge in [0.1, 0.15) is 0 Å². The first-order chi connectivity index (χ1) is 10.9. The Balaban J connectivity index is 1.66. The monoisotopic (exact) mass is 291 g/mol. The van der Waals surface area contributed by atoms with Gasteiger partial charge in [0, 0.05) is 0 Å². The minimum absolute atomic E-state index is 0.927. The minimum Gasteiger partial charge on any atom is -0.0622 e. The molecule has 3 rings (SSSR count).